The fourth-order valence-corrected chi connectivity index (χ4v) is 2.15. The zero-order valence-electron chi connectivity index (χ0n) is 11.3. The van der Waals surface area contributed by atoms with Crippen molar-refractivity contribution < 1.29 is 9.53 Å². The second-order valence-corrected chi connectivity index (χ2v) is 4.75. The molecule has 1 aromatic rings. The number of nitrogens with one attached hydrogen (secondary N) is 2. The molecule has 1 aromatic heterocycles. The molecule has 19 heavy (non-hydrogen) atoms. The first kappa shape index (κ1) is 13.7. The number of ether oxygens (including phenoxy) is 1. The van der Waals surface area contributed by atoms with Gasteiger partial charge in [-0.05, 0) is 45.3 Å². The van der Waals surface area contributed by atoms with Gasteiger partial charge < -0.3 is 15.4 Å². The highest BCUT2D eigenvalue weighted by molar-refractivity contribution is 5.91. The van der Waals surface area contributed by atoms with E-state index in [0.29, 0.717) is 24.0 Å². The van der Waals surface area contributed by atoms with Gasteiger partial charge in [-0.25, -0.2) is 0 Å². The largest absolute Gasteiger partial charge is 0.473 e. The van der Waals surface area contributed by atoms with Crippen LogP contribution in [0.3, 0.4) is 0 Å². The molecular formula is C13H20N4O2. The van der Waals surface area contributed by atoms with E-state index in [1.807, 2.05) is 14.0 Å². The topological polar surface area (TPSA) is 76.1 Å². The molecule has 0 radical (unpaired) electrons. The highest BCUT2D eigenvalue weighted by Gasteiger charge is 2.30. The fourth-order valence-electron chi connectivity index (χ4n) is 2.15. The van der Waals surface area contributed by atoms with Crippen LogP contribution in [-0.2, 0) is 0 Å². The molecule has 1 saturated carbocycles. The van der Waals surface area contributed by atoms with Crippen molar-refractivity contribution in [2.24, 2.45) is 5.92 Å². The van der Waals surface area contributed by atoms with Crippen LogP contribution in [0.2, 0.25) is 0 Å². The maximum absolute atomic E-state index is 11.5. The first-order valence-corrected chi connectivity index (χ1v) is 6.66. The predicted molar refractivity (Wildman–Crippen MR) is 71.1 cm³/mol. The second-order valence-electron chi connectivity index (χ2n) is 4.75. The Morgan fingerprint density at radius 3 is 2.79 bits per heavy atom. The van der Waals surface area contributed by atoms with Crippen molar-refractivity contribution in [1.29, 1.82) is 0 Å². The summed E-state index contributed by atoms with van der Waals surface area (Å²) >= 11 is 0. The average Bonchev–Trinajstić information content (AvgIpc) is 2.37. The van der Waals surface area contributed by atoms with Crippen LogP contribution in [0.25, 0.3) is 0 Å². The van der Waals surface area contributed by atoms with Crippen LogP contribution in [0, 0.1) is 5.92 Å². The molecule has 0 aromatic carbocycles. The molecule has 1 fully saturated rings. The van der Waals surface area contributed by atoms with Crippen LogP contribution in [0.5, 0.6) is 5.88 Å². The van der Waals surface area contributed by atoms with Gasteiger partial charge in [0.2, 0.25) is 5.88 Å². The van der Waals surface area contributed by atoms with Crippen molar-refractivity contribution in [3.05, 3.63) is 17.8 Å². The number of amides is 1. The quantitative estimate of drug-likeness (QED) is 0.787. The molecule has 2 rings (SSSR count). The lowest BCUT2D eigenvalue weighted by molar-refractivity contribution is 0.0607. The van der Waals surface area contributed by atoms with Gasteiger partial charge in [0, 0.05) is 12.6 Å². The number of rotatable bonds is 6. The summed E-state index contributed by atoms with van der Waals surface area (Å²) in [5, 5.41) is 13.6. The monoisotopic (exact) mass is 264 g/mol. The lowest BCUT2D eigenvalue weighted by Gasteiger charge is -2.34. The molecule has 2 N–H and O–H groups in total. The first-order chi connectivity index (χ1) is 9.22. The van der Waals surface area contributed by atoms with Crippen LogP contribution >= 0.6 is 0 Å². The molecular weight excluding hydrogens is 244 g/mol. The summed E-state index contributed by atoms with van der Waals surface area (Å²) in [4.78, 5) is 11.5. The summed E-state index contributed by atoms with van der Waals surface area (Å²) < 4.78 is 5.69. The fraction of sp³-hybridized carbons (Fsp3) is 0.615. The molecule has 104 valence electrons. The van der Waals surface area contributed by atoms with Gasteiger partial charge in [-0.1, -0.05) is 0 Å². The number of aromatic nitrogens is 2. The highest BCUT2D eigenvalue weighted by atomic mass is 16.5. The number of hydrogen-bond donors (Lipinski definition) is 2. The Balaban J connectivity index is 1.81. The minimum atomic E-state index is -0.209. The molecule has 0 spiro atoms. The van der Waals surface area contributed by atoms with Gasteiger partial charge in [-0.2, -0.15) is 0 Å². The number of nitrogens with zero attached hydrogens (tertiary/aromatic N) is 2. The van der Waals surface area contributed by atoms with Gasteiger partial charge in [0.1, 0.15) is 6.10 Å². The first-order valence-electron chi connectivity index (χ1n) is 6.66. The van der Waals surface area contributed by atoms with Crippen molar-refractivity contribution in [1.82, 2.24) is 20.8 Å². The molecule has 0 saturated heterocycles. The van der Waals surface area contributed by atoms with Crippen molar-refractivity contribution >= 4 is 5.91 Å². The number of carbonyl (C=O) groups excluding carboxylic acids is 1. The average molecular weight is 264 g/mol. The zero-order chi connectivity index (χ0) is 13.7. The summed E-state index contributed by atoms with van der Waals surface area (Å²) in [6, 6.07) is 3.33. The van der Waals surface area contributed by atoms with E-state index in [4.69, 9.17) is 4.74 Å². The highest BCUT2D eigenvalue weighted by Crippen LogP contribution is 2.29. The smallest absolute Gasteiger partial charge is 0.271 e. The third kappa shape index (κ3) is 3.64. The van der Waals surface area contributed by atoms with Crippen LogP contribution in [-0.4, -0.2) is 42.3 Å². The maximum Gasteiger partial charge on any atom is 0.271 e. The summed E-state index contributed by atoms with van der Waals surface area (Å²) in [6.07, 6.45) is 2.31. The molecule has 1 aliphatic carbocycles. The Hall–Kier alpha value is -1.69. The standard InChI is InChI=1S/C13H20N4O2/c1-3-15-13(18)11-4-5-12(17-16-11)19-10-6-9(7-10)8-14-2/h4-5,9-10,14H,3,6-8H2,1-2H3,(H,15,18). The molecule has 6 heteroatoms. The molecule has 0 bridgehead atoms. The van der Waals surface area contributed by atoms with E-state index >= 15 is 0 Å². The third-order valence-corrected chi connectivity index (χ3v) is 3.18. The predicted octanol–water partition coefficient (Wildman–Crippen LogP) is 0.603. The van der Waals surface area contributed by atoms with Gasteiger partial charge in [0.25, 0.3) is 5.91 Å². The summed E-state index contributed by atoms with van der Waals surface area (Å²) in [5.41, 5.74) is 0.316. The Morgan fingerprint density at radius 1 is 1.42 bits per heavy atom. The second kappa shape index (κ2) is 6.47. The van der Waals surface area contributed by atoms with E-state index in [9.17, 15) is 4.79 Å². The van der Waals surface area contributed by atoms with Crippen LogP contribution in [0.1, 0.15) is 30.3 Å². The lowest BCUT2D eigenvalue weighted by atomic mass is 9.82. The van der Waals surface area contributed by atoms with Crippen LogP contribution < -0.4 is 15.4 Å². The van der Waals surface area contributed by atoms with Gasteiger partial charge in [0.15, 0.2) is 5.69 Å². The van der Waals surface area contributed by atoms with Gasteiger partial charge in [0.05, 0.1) is 0 Å². The Morgan fingerprint density at radius 2 is 2.21 bits per heavy atom. The van der Waals surface area contributed by atoms with E-state index < -0.39 is 0 Å². The zero-order valence-corrected chi connectivity index (χ0v) is 11.3. The number of carbonyl (C=O) groups is 1. The Bertz CT molecular complexity index is 415. The Labute approximate surface area is 112 Å². The summed E-state index contributed by atoms with van der Waals surface area (Å²) in [5.74, 6) is 0.970. The minimum absolute atomic E-state index is 0.209. The van der Waals surface area contributed by atoms with Gasteiger partial charge >= 0.3 is 0 Å². The molecule has 1 amide bonds. The summed E-state index contributed by atoms with van der Waals surface area (Å²) in [6.45, 7) is 3.47. The normalized spacial score (nSPS) is 21.6. The van der Waals surface area contributed by atoms with E-state index in [1.54, 1.807) is 12.1 Å². The van der Waals surface area contributed by atoms with Crippen molar-refractivity contribution in [3.63, 3.8) is 0 Å². The molecule has 0 aliphatic heterocycles. The van der Waals surface area contributed by atoms with Crippen molar-refractivity contribution in [3.8, 4) is 5.88 Å². The van der Waals surface area contributed by atoms with Gasteiger partial charge in [-0.3, -0.25) is 4.79 Å². The number of hydrogen-bond acceptors (Lipinski definition) is 5. The van der Waals surface area contributed by atoms with Crippen LogP contribution in [0.15, 0.2) is 12.1 Å². The van der Waals surface area contributed by atoms with E-state index in [1.165, 1.54) is 0 Å². The molecule has 1 heterocycles. The van der Waals surface area contributed by atoms with E-state index in [2.05, 4.69) is 20.8 Å². The molecule has 0 atom stereocenters. The summed E-state index contributed by atoms with van der Waals surface area (Å²) in [7, 11) is 1.96. The van der Waals surface area contributed by atoms with E-state index in [0.717, 1.165) is 19.4 Å². The molecule has 0 unspecified atom stereocenters. The maximum atomic E-state index is 11.5. The van der Waals surface area contributed by atoms with Gasteiger partial charge in [-0.15, -0.1) is 10.2 Å². The van der Waals surface area contributed by atoms with Crippen molar-refractivity contribution in [2.75, 3.05) is 20.1 Å². The molecule has 6 nitrogen and oxygen atoms in total. The van der Waals surface area contributed by atoms with Crippen LogP contribution in [0.4, 0.5) is 0 Å². The lowest BCUT2D eigenvalue weighted by Crippen LogP contribution is -2.38. The van der Waals surface area contributed by atoms with E-state index in [-0.39, 0.29) is 12.0 Å². The third-order valence-electron chi connectivity index (χ3n) is 3.18. The SMILES string of the molecule is CCNC(=O)c1ccc(OC2CC(CNC)C2)nn1. The Kier molecular flexibility index (Phi) is 4.68. The minimum Gasteiger partial charge on any atom is -0.473 e. The van der Waals surface area contributed by atoms with Crippen molar-refractivity contribution in [2.45, 2.75) is 25.9 Å². The molecule has 1 aliphatic rings.